The van der Waals surface area contributed by atoms with E-state index in [4.69, 9.17) is 0 Å². The van der Waals surface area contributed by atoms with Crippen LogP contribution in [0.2, 0.25) is 0 Å². The zero-order chi connectivity index (χ0) is 31.4. The van der Waals surface area contributed by atoms with Gasteiger partial charge in [0.2, 0.25) is 0 Å². The third kappa shape index (κ3) is 3.88. The number of para-hydroxylation sites is 2. The zero-order valence-corrected chi connectivity index (χ0v) is 24.2. The summed E-state index contributed by atoms with van der Waals surface area (Å²) in [6.07, 6.45) is 0. The second-order valence-corrected chi connectivity index (χ2v) is 11.0. The summed E-state index contributed by atoms with van der Waals surface area (Å²) in [5, 5.41) is 26.6. The van der Waals surface area contributed by atoms with Crippen LogP contribution in [0.15, 0.2) is 133 Å². The van der Waals surface area contributed by atoms with Crippen molar-refractivity contribution in [3.8, 4) is 23.5 Å². The largest absolute Gasteiger partial charge is 0.306 e. The van der Waals surface area contributed by atoms with E-state index >= 15 is 8.78 Å². The van der Waals surface area contributed by atoms with Gasteiger partial charge < -0.3 is 9.13 Å². The van der Waals surface area contributed by atoms with Gasteiger partial charge in [-0.3, -0.25) is 0 Å². The van der Waals surface area contributed by atoms with E-state index in [0.717, 1.165) is 32.3 Å². The third-order valence-corrected chi connectivity index (χ3v) is 8.58. The van der Waals surface area contributed by atoms with Crippen LogP contribution in [0.3, 0.4) is 0 Å². The van der Waals surface area contributed by atoms with E-state index in [1.54, 1.807) is 9.13 Å². The molecule has 6 heteroatoms. The lowest BCUT2D eigenvalue weighted by atomic mass is 9.96. The van der Waals surface area contributed by atoms with Gasteiger partial charge in [0.1, 0.15) is 23.3 Å². The fourth-order valence-electron chi connectivity index (χ4n) is 6.65. The summed E-state index contributed by atoms with van der Waals surface area (Å²) in [6, 6.07) is 46.5. The third-order valence-electron chi connectivity index (χ3n) is 8.58. The van der Waals surface area contributed by atoms with E-state index in [-0.39, 0.29) is 11.0 Å². The Morgan fingerprint density at radius 1 is 0.435 bits per heavy atom. The molecule has 0 aliphatic heterocycles. The second kappa shape index (κ2) is 10.6. The van der Waals surface area contributed by atoms with Crippen LogP contribution >= 0.6 is 0 Å². The van der Waals surface area contributed by atoms with Gasteiger partial charge in [0.25, 0.3) is 0 Å². The van der Waals surface area contributed by atoms with E-state index in [1.807, 2.05) is 133 Å². The normalized spacial score (nSPS) is 11.2. The molecule has 8 rings (SSSR count). The van der Waals surface area contributed by atoms with Gasteiger partial charge in [-0.25, -0.2) is 8.78 Å². The Bertz CT molecular complexity index is 2490. The van der Waals surface area contributed by atoms with Gasteiger partial charge in [0.15, 0.2) is 11.6 Å². The van der Waals surface area contributed by atoms with Crippen molar-refractivity contribution in [1.29, 1.82) is 10.5 Å². The average molecular weight is 597 g/mol. The van der Waals surface area contributed by atoms with Crippen molar-refractivity contribution in [3.63, 3.8) is 0 Å². The Labute approximate surface area is 262 Å². The van der Waals surface area contributed by atoms with Crippen LogP contribution in [0.25, 0.3) is 65.8 Å². The molecule has 1 heterocycles. The molecule has 0 radical (unpaired) electrons. The first-order valence-electron chi connectivity index (χ1n) is 14.7. The molecule has 46 heavy (non-hydrogen) atoms. The van der Waals surface area contributed by atoms with Crippen molar-refractivity contribution in [3.05, 3.63) is 156 Å². The van der Waals surface area contributed by atoms with Crippen molar-refractivity contribution in [2.45, 2.75) is 0 Å². The summed E-state index contributed by atoms with van der Waals surface area (Å²) in [5.41, 5.74) is 1.68. The molecule has 0 fully saturated rings. The number of nitrogens with zero attached hydrogens (tertiary/aromatic N) is 4. The maximum Gasteiger partial charge on any atom is 0.180 e. The zero-order valence-electron chi connectivity index (χ0n) is 24.2. The van der Waals surface area contributed by atoms with Gasteiger partial charge in [0, 0.05) is 22.1 Å². The number of benzene rings is 7. The van der Waals surface area contributed by atoms with E-state index in [1.165, 1.54) is 0 Å². The molecule has 0 amide bonds. The highest BCUT2D eigenvalue weighted by molar-refractivity contribution is 6.26. The predicted molar refractivity (Wildman–Crippen MR) is 180 cm³/mol. The first kappa shape index (κ1) is 27.1. The molecular formula is C40H22F2N4. The maximum atomic E-state index is 16.0. The van der Waals surface area contributed by atoms with Gasteiger partial charge >= 0.3 is 0 Å². The van der Waals surface area contributed by atoms with Crippen molar-refractivity contribution >= 4 is 54.4 Å². The minimum absolute atomic E-state index is 0.0725. The van der Waals surface area contributed by atoms with Crippen LogP contribution in [0.5, 0.6) is 0 Å². The van der Waals surface area contributed by atoms with Gasteiger partial charge in [-0.05, 0) is 57.9 Å². The van der Waals surface area contributed by atoms with E-state index in [9.17, 15) is 10.5 Å². The Morgan fingerprint density at radius 3 is 1.20 bits per heavy atom. The van der Waals surface area contributed by atoms with Crippen LogP contribution in [0.4, 0.5) is 8.78 Å². The van der Waals surface area contributed by atoms with Gasteiger partial charge in [-0.15, -0.1) is 0 Å². The number of halogens is 2. The van der Waals surface area contributed by atoms with E-state index < -0.39 is 22.8 Å². The minimum atomic E-state index is -1.37. The molecule has 8 aromatic rings. The molecule has 7 aromatic carbocycles. The summed E-state index contributed by atoms with van der Waals surface area (Å²) in [5.74, 6) is -2.73. The van der Waals surface area contributed by atoms with Gasteiger partial charge in [-0.2, -0.15) is 10.5 Å². The fraction of sp³-hybridized carbons (Fsp3) is 0. The molecule has 0 spiro atoms. The molecular weight excluding hydrogens is 574 g/mol. The Balaban J connectivity index is 1.91. The molecule has 0 saturated heterocycles. The van der Waals surface area contributed by atoms with Crippen LogP contribution in [-0.2, 0) is 0 Å². The minimum Gasteiger partial charge on any atom is -0.306 e. The van der Waals surface area contributed by atoms with Crippen LogP contribution in [0, 0.1) is 34.3 Å². The van der Waals surface area contributed by atoms with Crippen molar-refractivity contribution in [2.75, 3.05) is 0 Å². The summed E-state index contributed by atoms with van der Waals surface area (Å²) < 4.78 is 35.6. The van der Waals surface area contributed by atoms with E-state index in [2.05, 4.69) is 12.1 Å². The molecule has 1 aromatic heterocycles. The number of aromatic nitrogens is 2. The van der Waals surface area contributed by atoms with Crippen LogP contribution in [0.1, 0.15) is 11.1 Å². The Kier molecular flexibility index (Phi) is 6.23. The maximum absolute atomic E-state index is 16.0. The van der Waals surface area contributed by atoms with Gasteiger partial charge in [0.05, 0.1) is 22.1 Å². The highest BCUT2D eigenvalue weighted by atomic mass is 19.2. The van der Waals surface area contributed by atoms with Crippen molar-refractivity contribution in [1.82, 2.24) is 9.13 Å². The topological polar surface area (TPSA) is 57.4 Å². The standard InChI is InChI=1S/C40H22F2N4/c41-37-31(23-43)39-40(32(24-44)38(37)42)46(28-15-5-2-6-16-28)34-22-20-26-12-8-10-18-30(26)36(34)35-29-17-9-7-11-25(29)19-21-33(35)45(39)27-13-3-1-4-14-27/h1-22H. The highest BCUT2D eigenvalue weighted by Crippen LogP contribution is 2.41. The number of hydrogen-bond acceptors (Lipinski definition) is 2. The molecule has 0 unspecified atom stereocenters. The number of hydrogen-bond donors (Lipinski definition) is 0. The number of rotatable bonds is 2. The molecule has 0 atom stereocenters. The summed E-state index contributed by atoms with van der Waals surface area (Å²) >= 11 is 0. The van der Waals surface area contributed by atoms with Crippen LogP contribution < -0.4 is 0 Å². The smallest absolute Gasteiger partial charge is 0.180 e. The van der Waals surface area contributed by atoms with Gasteiger partial charge in [-0.1, -0.05) is 97.1 Å². The Morgan fingerprint density at radius 2 is 0.804 bits per heavy atom. The lowest BCUT2D eigenvalue weighted by molar-refractivity contribution is 0.505. The average Bonchev–Trinajstić information content (AvgIpc) is 3.10. The summed E-state index contributed by atoms with van der Waals surface area (Å²) in [4.78, 5) is 0. The number of fused-ring (bicyclic) bond motifs is 8. The SMILES string of the molecule is N#Cc1c(F)c(F)c(C#N)c2c1n(-c1ccccc1)c1ccc3ccccc3c1c1c3ccccc3ccc1n2-c1ccccc1. The Hall–Kier alpha value is -6.50. The molecule has 0 saturated carbocycles. The molecule has 0 bridgehead atoms. The fourth-order valence-corrected chi connectivity index (χ4v) is 6.65. The quantitative estimate of drug-likeness (QED) is 0.199. The van der Waals surface area contributed by atoms with Crippen molar-refractivity contribution < 1.29 is 8.78 Å². The summed E-state index contributed by atoms with van der Waals surface area (Å²) in [7, 11) is 0. The monoisotopic (exact) mass is 596 g/mol. The highest BCUT2D eigenvalue weighted by Gasteiger charge is 2.27. The molecule has 0 aliphatic rings. The number of nitriles is 2. The second-order valence-electron chi connectivity index (χ2n) is 11.0. The first-order valence-corrected chi connectivity index (χ1v) is 14.7. The predicted octanol–water partition coefficient (Wildman–Crippen LogP) is 10.2. The molecule has 4 nitrogen and oxygen atoms in total. The summed E-state index contributed by atoms with van der Waals surface area (Å²) in [6.45, 7) is 0. The lowest BCUT2D eigenvalue weighted by Crippen LogP contribution is -2.11. The van der Waals surface area contributed by atoms with Crippen molar-refractivity contribution in [2.24, 2.45) is 0 Å². The van der Waals surface area contributed by atoms with E-state index in [0.29, 0.717) is 22.4 Å². The first-order chi connectivity index (χ1) is 22.6. The molecule has 0 aliphatic carbocycles. The molecule has 216 valence electrons. The van der Waals surface area contributed by atoms with Crippen LogP contribution in [-0.4, -0.2) is 9.13 Å². The lowest BCUT2D eigenvalue weighted by Gasteiger charge is -2.23. The molecule has 0 N–H and O–H groups in total.